The number of anilines is 2. The van der Waals surface area contributed by atoms with Gasteiger partial charge < -0.3 is 15.1 Å². The second kappa shape index (κ2) is 6.59. The third kappa shape index (κ3) is 3.18. The molecule has 2 bridgehead atoms. The highest BCUT2D eigenvalue weighted by Crippen LogP contribution is 2.32. The molecule has 0 unspecified atom stereocenters. The molecule has 7 nitrogen and oxygen atoms in total. The molecule has 5 rings (SSSR count). The van der Waals surface area contributed by atoms with E-state index in [0.717, 1.165) is 36.6 Å². The van der Waals surface area contributed by atoms with Crippen molar-refractivity contribution in [3.8, 4) is 0 Å². The normalized spacial score (nSPS) is 23.0. The Hall–Kier alpha value is -2.22. The van der Waals surface area contributed by atoms with Gasteiger partial charge in [-0.15, -0.1) is 11.3 Å². The summed E-state index contributed by atoms with van der Waals surface area (Å²) in [5.41, 5.74) is 3.72. The molecule has 3 fully saturated rings. The van der Waals surface area contributed by atoms with E-state index in [1.54, 1.807) is 11.3 Å². The molecule has 0 aliphatic carbocycles. The van der Waals surface area contributed by atoms with Gasteiger partial charge in [0.15, 0.2) is 0 Å². The minimum Gasteiger partial charge on any atom is -0.373 e. The van der Waals surface area contributed by atoms with Gasteiger partial charge >= 0.3 is 0 Å². The Labute approximate surface area is 151 Å². The van der Waals surface area contributed by atoms with Crippen molar-refractivity contribution in [2.24, 2.45) is 5.92 Å². The minimum atomic E-state index is 0.0135. The maximum Gasteiger partial charge on any atom is 0.228 e. The maximum absolute atomic E-state index is 12.9. The van der Waals surface area contributed by atoms with E-state index in [-0.39, 0.29) is 17.9 Å². The fourth-order valence-corrected chi connectivity index (χ4v) is 4.27. The minimum absolute atomic E-state index is 0.0135. The van der Waals surface area contributed by atoms with Crippen LogP contribution in [0.2, 0.25) is 0 Å². The van der Waals surface area contributed by atoms with Gasteiger partial charge in [-0.3, -0.25) is 4.79 Å². The number of fused-ring (bicyclic) bond motifs is 4. The van der Waals surface area contributed by atoms with Crippen LogP contribution in [-0.2, 0) is 11.3 Å². The molecule has 25 heavy (non-hydrogen) atoms. The number of nitrogens with one attached hydrogen (secondary N) is 1. The first-order valence-corrected chi connectivity index (χ1v) is 9.54. The van der Waals surface area contributed by atoms with Crippen LogP contribution in [-0.4, -0.2) is 51.9 Å². The van der Waals surface area contributed by atoms with Crippen LogP contribution in [0, 0.1) is 12.8 Å². The van der Waals surface area contributed by atoms with Crippen LogP contribution < -0.4 is 10.2 Å². The lowest BCUT2D eigenvalue weighted by Gasteiger charge is -2.35. The van der Waals surface area contributed by atoms with Crippen molar-refractivity contribution < 1.29 is 4.79 Å². The van der Waals surface area contributed by atoms with Crippen molar-refractivity contribution >= 4 is 29.0 Å². The van der Waals surface area contributed by atoms with E-state index in [4.69, 9.17) is 0 Å². The molecule has 132 valence electrons. The number of carbonyl (C=O) groups is 1. The SMILES string of the molecule is CNc1cc(C)nc(N2C[C@H]3CC[C@@H](C2)N(Cc2cscn2)C3=O)n1. The number of carbonyl (C=O) groups excluding carboxylic acids is 1. The number of amides is 1. The molecule has 5 heterocycles. The Bertz CT molecular complexity index is 765. The molecule has 3 aliphatic heterocycles. The smallest absolute Gasteiger partial charge is 0.228 e. The molecule has 0 spiro atoms. The topological polar surface area (TPSA) is 74.2 Å². The molecule has 0 radical (unpaired) electrons. The predicted molar refractivity (Wildman–Crippen MR) is 97.7 cm³/mol. The Kier molecular flexibility index (Phi) is 4.29. The summed E-state index contributed by atoms with van der Waals surface area (Å²) in [4.78, 5) is 30.7. The number of aromatic nitrogens is 3. The first kappa shape index (κ1) is 16.3. The molecule has 2 aromatic heterocycles. The Morgan fingerprint density at radius 3 is 2.96 bits per heavy atom. The Morgan fingerprint density at radius 1 is 1.32 bits per heavy atom. The second-order valence-electron chi connectivity index (χ2n) is 6.72. The fraction of sp³-hybridized carbons (Fsp3) is 0.529. The van der Waals surface area contributed by atoms with Crippen molar-refractivity contribution in [3.63, 3.8) is 0 Å². The molecule has 2 aromatic rings. The predicted octanol–water partition coefficient (Wildman–Crippen LogP) is 1.91. The largest absolute Gasteiger partial charge is 0.373 e. The van der Waals surface area contributed by atoms with E-state index in [9.17, 15) is 4.79 Å². The molecular weight excluding hydrogens is 336 g/mol. The zero-order valence-corrected chi connectivity index (χ0v) is 15.3. The lowest BCUT2D eigenvalue weighted by Crippen LogP contribution is -2.47. The summed E-state index contributed by atoms with van der Waals surface area (Å²) in [5.74, 6) is 1.78. The summed E-state index contributed by atoms with van der Waals surface area (Å²) >= 11 is 1.57. The maximum atomic E-state index is 12.9. The number of rotatable bonds is 4. The van der Waals surface area contributed by atoms with Gasteiger partial charge in [0.1, 0.15) is 5.82 Å². The van der Waals surface area contributed by atoms with Crippen LogP contribution in [0.15, 0.2) is 17.0 Å². The lowest BCUT2D eigenvalue weighted by molar-refractivity contribution is -0.140. The summed E-state index contributed by atoms with van der Waals surface area (Å²) in [6.45, 7) is 4.04. The van der Waals surface area contributed by atoms with Crippen molar-refractivity contribution in [2.75, 3.05) is 30.4 Å². The number of hydrogen-bond acceptors (Lipinski definition) is 7. The third-order valence-electron chi connectivity index (χ3n) is 4.99. The van der Waals surface area contributed by atoms with Crippen LogP contribution in [0.25, 0.3) is 0 Å². The number of aryl methyl sites for hydroxylation is 1. The fourth-order valence-electron chi connectivity index (χ4n) is 3.72. The monoisotopic (exact) mass is 358 g/mol. The average Bonchev–Trinajstić information content (AvgIpc) is 2.97. The van der Waals surface area contributed by atoms with Crippen LogP contribution in [0.4, 0.5) is 11.8 Å². The van der Waals surface area contributed by atoms with E-state index >= 15 is 0 Å². The van der Waals surface area contributed by atoms with E-state index in [2.05, 4.69) is 25.2 Å². The molecule has 1 amide bonds. The van der Waals surface area contributed by atoms with Gasteiger partial charge in [-0.1, -0.05) is 0 Å². The number of hydrogen-bond donors (Lipinski definition) is 1. The zero-order valence-electron chi connectivity index (χ0n) is 14.5. The van der Waals surface area contributed by atoms with E-state index in [0.29, 0.717) is 19.0 Å². The molecule has 8 heteroatoms. The summed E-state index contributed by atoms with van der Waals surface area (Å²) in [7, 11) is 1.86. The zero-order chi connectivity index (χ0) is 17.4. The lowest BCUT2D eigenvalue weighted by atomic mass is 9.94. The van der Waals surface area contributed by atoms with Gasteiger partial charge in [0, 0.05) is 43.3 Å². The van der Waals surface area contributed by atoms with Crippen molar-refractivity contribution in [1.29, 1.82) is 0 Å². The van der Waals surface area contributed by atoms with Crippen LogP contribution in [0.3, 0.4) is 0 Å². The van der Waals surface area contributed by atoms with Gasteiger partial charge in [0.05, 0.1) is 23.7 Å². The first-order valence-electron chi connectivity index (χ1n) is 8.60. The highest BCUT2D eigenvalue weighted by atomic mass is 32.1. The molecule has 0 saturated carbocycles. The Balaban J connectivity index is 1.60. The van der Waals surface area contributed by atoms with Gasteiger partial charge in [0.2, 0.25) is 11.9 Å². The average molecular weight is 358 g/mol. The van der Waals surface area contributed by atoms with Gasteiger partial charge in [0.25, 0.3) is 0 Å². The molecular formula is C17H22N6OS. The summed E-state index contributed by atoms with van der Waals surface area (Å²) in [6.07, 6.45) is 1.97. The van der Waals surface area contributed by atoms with Gasteiger partial charge in [-0.2, -0.15) is 4.98 Å². The van der Waals surface area contributed by atoms with Gasteiger partial charge in [-0.25, -0.2) is 9.97 Å². The van der Waals surface area contributed by atoms with Crippen molar-refractivity contribution in [3.05, 3.63) is 28.3 Å². The summed E-state index contributed by atoms with van der Waals surface area (Å²) in [5, 5.41) is 5.11. The highest BCUT2D eigenvalue weighted by molar-refractivity contribution is 7.07. The summed E-state index contributed by atoms with van der Waals surface area (Å²) in [6, 6.07) is 2.12. The van der Waals surface area contributed by atoms with Crippen LogP contribution >= 0.6 is 11.3 Å². The number of thiazole rings is 1. The van der Waals surface area contributed by atoms with Crippen molar-refractivity contribution in [2.45, 2.75) is 32.4 Å². The highest BCUT2D eigenvalue weighted by Gasteiger charge is 2.41. The van der Waals surface area contributed by atoms with Gasteiger partial charge in [-0.05, 0) is 19.8 Å². The van der Waals surface area contributed by atoms with E-state index in [1.165, 1.54) is 0 Å². The molecule has 2 atom stereocenters. The van der Waals surface area contributed by atoms with E-state index in [1.807, 2.05) is 35.8 Å². The van der Waals surface area contributed by atoms with Crippen LogP contribution in [0.5, 0.6) is 0 Å². The summed E-state index contributed by atoms with van der Waals surface area (Å²) < 4.78 is 0. The second-order valence-corrected chi connectivity index (χ2v) is 7.44. The molecule has 0 aromatic carbocycles. The standard InChI is InChI=1S/C17H22N6OS/c1-11-5-15(18-2)21-17(20-11)22-6-12-3-4-14(8-22)23(16(12)24)7-13-9-25-10-19-13/h5,9-10,12,14H,3-4,6-8H2,1-2H3,(H,18,20,21)/t12-,14+/m1/s1. The third-order valence-corrected chi connectivity index (χ3v) is 5.63. The quantitative estimate of drug-likeness (QED) is 0.900. The molecule has 3 aliphatic rings. The molecule has 3 saturated heterocycles. The number of nitrogens with zero attached hydrogens (tertiary/aromatic N) is 5. The molecule has 1 N–H and O–H groups in total. The first-order chi connectivity index (χ1) is 12.1. The van der Waals surface area contributed by atoms with Crippen LogP contribution in [0.1, 0.15) is 24.2 Å². The Morgan fingerprint density at radius 2 is 2.20 bits per heavy atom. The van der Waals surface area contributed by atoms with E-state index < -0.39 is 0 Å². The number of piperidine rings is 1. The van der Waals surface area contributed by atoms with Crippen molar-refractivity contribution in [1.82, 2.24) is 19.9 Å².